The van der Waals surface area contributed by atoms with E-state index in [9.17, 15) is 9.59 Å². The van der Waals surface area contributed by atoms with Gasteiger partial charge in [-0.2, -0.15) is 0 Å². The van der Waals surface area contributed by atoms with E-state index >= 15 is 0 Å². The van der Waals surface area contributed by atoms with Crippen LogP contribution in [0.25, 0.3) is 0 Å². The van der Waals surface area contributed by atoms with Crippen molar-refractivity contribution in [2.24, 2.45) is 0 Å². The fraction of sp³-hybridized carbons (Fsp3) is 0.286. The Hall–Kier alpha value is -2.01. The van der Waals surface area contributed by atoms with Gasteiger partial charge in [0.15, 0.2) is 0 Å². The molecule has 1 aromatic rings. The molecule has 2 amide bonds. The zero-order valence-electron chi connectivity index (χ0n) is 10.8. The summed E-state index contributed by atoms with van der Waals surface area (Å²) >= 11 is 5.88. The van der Waals surface area contributed by atoms with E-state index in [-0.39, 0.29) is 6.04 Å². The van der Waals surface area contributed by atoms with Crippen molar-refractivity contribution in [3.63, 3.8) is 0 Å². The Balaban J connectivity index is 2.13. The first-order chi connectivity index (χ1) is 9.56. The second-order valence-corrected chi connectivity index (χ2v) is 4.99. The van der Waals surface area contributed by atoms with Crippen molar-refractivity contribution in [2.75, 3.05) is 11.4 Å². The Bertz CT molecular complexity index is 537. The standard InChI is InChI=1S/C14H15ClN2O3/c15-10-4-3-7-12(8-10)17(9-13(18)19)14(20)16-11-5-1-2-6-11/h1-4,7-8,11H,5-6,9H2,(H,16,20)(H,18,19). The Labute approximate surface area is 121 Å². The highest BCUT2D eigenvalue weighted by molar-refractivity contribution is 6.30. The van der Waals surface area contributed by atoms with Gasteiger partial charge in [0.1, 0.15) is 6.54 Å². The van der Waals surface area contributed by atoms with Crippen LogP contribution in [0.5, 0.6) is 0 Å². The molecule has 20 heavy (non-hydrogen) atoms. The third-order valence-electron chi connectivity index (χ3n) is 2.99. The minimum Gasteiger partial charge on any atom is -0.480 e. The van der Waals surface area contributed by atoms with Crippen molar-refractivity contribution in [2.45, 2.75) is 18.9 Å². The average molecular weight is 295 g/mol. The molecule has 1 aromatic carbocycles. The third kappa shape index (κ3) is 3.74. The lowest BCUT2D eigenvalue weighted by Crippen LogP contribution is -2.46. The summed E-state index contributed by atoms with van der Waals surface area (Å²) in [6.07, 6.45) is 5.52. The van der Waals surface area contributed by atoms with Crippen LogP contribution >= 0.6 is 11.6 Å². The first kappa shape index (κ1) is 14.4. The molecule has 0 spiro atoms. The summed E-state index contributed by atoms with van der Waals surface area (Å²) in [5, 5.41) is 12.2. The molecular weight excluding hydrogens is 280 g/mol. The molecule has 0 fully saturated rings. The van der Waals surface area contributed by atoms with Crippen LogP contribution < -0.4 is 10.2 Å². The summed E-state index contributed by atoms with van der Waals surface area (Å²) < 4.78 is 0. The molecule has 6 heteroatoms. The van der Waals surface area contributed by atoms with Gasteiger partial charge in [-0.15, -0.1) is 0 Å². The van der Waals surface area contributed by atoms with E-state index in [4.69, 9.17) is 16.7 Å². The van der Waals surface area contributed by atoms with E-state index < -0.39 is 18.5 Å². The van der Waals surface area contributed by atoms with E-state index in [1.165, 1.54) is 4.90 Å². The molecule has 0 radical (unpaired) electrons. The molecule has 0 aromatic heterocycles. The largest absolute Gasteiger partial charge is 0.480 e. The molecule has 0 unspecified atom stereocenters. The lowest BCUT2D eigenvalue weighted by atomic mass is 10.2. The number of benzene rings is 1. The van der Waals surface area contributed by atoms with E-state index in [1.807, 2.05) is 12.2 Å². The zero-order valence-corrected chi connectivity index (χ0v) is 11.5. The maximum absolute atomic E-state index is 12.2. The van der Waals surface area contributed by atoms with Crippen LogP contribution in [0.2, 0.25) is 5.02 Å². The number of carboxylic acid groups (broad SMARTS) is 1. The monoisotopic (exact) mass is 294 g/mol. The maximum Gasteiger partial charge on any atom is 0.323 e. The number of urea groups is 1. The van der Waals surface area contributed by atoms with E-state index in [0.29, 0.717) is 10.7 Å². The summed E-state index contributed by atoms with van der Waals surface area (Å²) in [6.45, 7) is -0.410. The number of aliphatic carboxylic acids is 1. The molecule has 0 aliphatic heterocycles. The molecule has 0 bridgehead atoms. The Kier molecular flexibility index (Phi) is 4.63. The summed E-state index contributed by atoms with van der Waals surface area (Å²) in [7, 11) is 0. The topological polar surface area (TPSA) is 69.6 Å². The summed E-state index contributed by atoms with van der Waals surface area (Å²) in [5.41, 5.74) is 0.461. The smallest absolute Gasteiger partial charge is 0.323 e. The molecule has 106 valence electrons. The van der Waals surface area contributed by atoms with E-state index in [1.54, 1.807) is 24.3 Å². The number of carbonyl (C=O) groups is 2. The van der Waals surface area contributed by atoms with Crippen molar-refractivity contribution >= 4 is 29.3 Å². The third-order valence-corrected chi connectivity index (χ3v) is 3.23. The summed E-state index contributed by atoms with van der Waals surface area (Å²) in [6, 6.07) is 6.17. The van der Waals surface area contributed by atoms with Crippen LogP contribution in [-0.2, 0) is 4.79 Å². The van der Waals surface area contributed by atoms with Crippen molar-refractivity contribution in [1.29, 1.82) is 0 Å². The number of carboxylic acids is 1. The molecular formula is C14H15ClN2O3. The minimum absolute atomic E-state index is 0.0259. The zero-order chi connectivity index (χ0) is 14.5. The van der Waals surface area contributed by atoms with Gasteiger partial charge in [0.05, 0.1) is 0 Å². The number of rotatable bonds is 4. The number of anilines is 1. The maximum atomic E-state index is 12.2. The number of halogens is 1. The fourth-order valence-corrected chi connectivity index (χ4v) is 2.23. The summed E-state index contributed by atoms with van der Waals surface area (Å²) in [4.78, 5) is 24.3. The second kappa shape index (κ2) is 6.43. The first-order valence-corrected chi connectivity index (χ1v) is 6.64. The van der Waals surface area contributed by atoms with Crippen LogP contribution in [0.3, 0.4) is 0 Å². The highest BCUT2D eigenvalue weighted by Crippen LogP contribution is 2.20. The van der Waals surface area contributed by atoms with Gasteiger partial charge in [0, 0.05) is 16.8 Å². The quantitative estimate of drug-likeness (QED) is 0.839. The van der Waals surface area contributed by atoms with Gasteiger partial charge < -0.3 is 10.4 Å². The first-order valence-electron chi connectivity index (χ1n) is 6.26. The van der Waals surface area contributed by atoms with Gasteiger partial charge >= 0.3 is 12.0 Å². The van der Waals surface area contributed by atoms with Crippen molar-refractivity contribution in [3.05, 3.63) is 41.4 Å². The van der Waals surface area contributed by atoms with E-state index in [0.717, 1.165) is 12.8 Å². The molecule has 0 atom stereocenters. The molecule has 1 aliphatic carbocycles. The number of nitrogens with one attached hydrogen (secondary N) is 1. The Morgan fingerprint density at radius 3 is 2.65 bits per heavy atom. The van der Waals surface area contributed by atoms with Crippen LogP contribution in [-0.4, -0.2) is 29.7 Å². The van der Waals surface area contributed by atoms with Gasteiger partial charge in [-0.05, 0) is 31.0 Å². The minimum atomic E-state index is -1.08. The molecule has 2 N–H and O–H groups in total. The molecule has 5 nitrogen and oxygen atoms in total. The Morgan fingerprint density at radius 1 is 1.35 bits per heavy atom. The van der Waals surface area contributed by atoms with Crippen molar-refractivity contribution < 1.29 is 14.7 Å². The molecule has 0 heterocycles. The number of hydrogen-bond donors (Lipinski definition) is 2. The van der Waals surface area contributed by atoms with Gasteiger partial charge in [-0.3, -0.25) is 9.69 Å². The average Bonchev–Trinajstić information content (AvgIpc) is 2.88. The number of hydrogen-bond acceptors (Lipinski definition) is 2. The highest BCUT2D eigenvalue weighted by Gasteiger charge is 2.22. The van der Waals surface area contributed by atoms with Gasteiger partial charge in [-0.25, -0.2) is 4.79 Å². The molecule has 2 rings (SSSR count). The van der Waals surface area contributed by atoms with Crippen LogP contribution in [0.1, 0.15) is 12.8 Å². The van der Waals surface area contributed by atoms with Gasteiger partial charge in [0.2, 0.25) is 0 Å². The summed E-state index contributed by atoms with van der Waals surface area (Å²) in [5.74, 6) is -1.08. The Morgan fingerprint density at radius 2 is 2.05 bits per heavy atom. The lowest BCUT2D eigenvalue weighted by Gasteiger charge is -2.23. The second-order valence-electron chi connectivity index (χ2n) is 4.55. The molecule has 0 saturated heterocycles. The fourth-order valence-electron chi connectivity index (χ4n) is 2.05. The van der Waals surface area contributed by atoms with Crippen molar-refractivity contribution in [1.82, 2.24) is 5.32 Å². The van der Waals surface area contributed by atoms with Gasteiger partial charge in [0.25, 0.3) is 0 Å². The van der Waals surface area contributed by atoms with Crippen molar-refractivity contribution in [3.8, 4) is 0 Å². The lowest BCUT2D eigenvalue weighted by molar-refractivity contribution is -0.135. The number of carbonyl (C=O) groups excluding carboxylic acids is 1. The van der Waals surface area contributed by atoms with Crippen LogP contribution in [0, 0.1) is 0 Å². The van der Waals surface area contributed by atoms with Gasteiger partial charge in [-0.1, -0.05) is 29.8 Å². The number of amides is 2. The predicted molar refractivity (Wildman–Crippen MR) is 77.1 cm³/mol. The van der Waals surface area contributed by atoms with Crippen LogP contribution in [0.4, 0.5) is 10.5 Å². The molecule has 0 saturated carbocycles. The highest BCUT2D eigenvalue weighted by atomic mass is 35.5. The molecule has 1 aliphatic rings. The van der Waals surface area contributed by atoms with Crippen LogP contribution in [0.15, 0.2) is 36.4 Å². The normalized spacial score (nSPS) is 14.2. The van der Waals surface area contributed by atoms with E-state index in [2.05, 4.69) is 5.32 Å². The predicted octanol–water partition coefficient (Wildman–Crippen LogP) is 2.66. The number of nitrogens with zero attached hydrogens (tertiary/aromatic N) is 1. The SMILES string of the molecule is O=C(O)CN(C(=O)NC1CC=CC1)c1cccc(Cl)c1.